The van der Waals surface area contributed by atoms with Crippen LogP contribution in [0.15, 0.2) is 24.3 Å². The molecular formula is C10H9F6NO. The summed E-state index contributed by atoms with van der Waals surface area (Å²) in [4.78, 5) is 0. The third-order valence-electron chi connectivity index (χ3n) is 1.97. The number of rotatable bonds is 4. The van der Waals surface area contributed by atoms with Gasteiger partial charge in [0.2, 0.25) is 0 Å². The highest BCUT2D eigenvalue weighted by molar-refractivity contribution is 5.41. The lowest BCUT2D eigenvalue weighted by Crippen LogP contribution is -2.45. The molecule has 1 aromatic rings. The van der Waals surface area contributed by atoms with Gasteiger partial charge in [-0.25, -0.2) is 4.39 Å². The van der Waals surface area contributed by atoms with Crippen LogP contribution in [0.4, 0.5) is 32.0 Å². The topological polar surface area (TPSA) is 35.2 Å². The van der Waals surface area contributed by atoms with E-state index in [0.29, 0.717) is 5.69 Å². The summed E-state index contributed by atoms with van der Waals surface area (Å²) in [6.45, 7) is -1.71. The molecular weight excluding hydrogens is 264 g/mol. The van der Waals surface area contributed by atoms with Crippen molar-refractivity contribution in [2.24, 2.45) is 0 Å². The van der Waals surface area contributed by atoms with Gasteiger partial charge >= 0.3 is 12.1 Å². The van der Waals surface area contributed by atoms with Gasteiger partial charge < -0.3 is 10.5 Å². The molecule has 8 heteroatoms. The number of halogens is 6. The van der Waals surface area contributed by atoms with Gasteiger partial charge in [-0.05, 0) is 24.3 Å². The predicted octanol–water partition coefficient (Wildman–Crippen LogP) is 3.18. The van der Waals surface area contributed by atoms with Crippen molar-refractivity contribution in [1.82, 2.24) is 0 Å². The molecule has 0 aliphatic rings. The quantitative estimate of drug-likeness (QED) is 0.675. The van der Waals surface area contributed by atoms with E-state index in [1.54, 1.807) is 0 Å². The summed E-state index contributed by atoms with van der Waals surface area (Å²) < 4.78 is 77.9. The van der Waals surface area contributed by atoms with Crippen LogP contribution in [0.5, 0.6) is 5.75 Å². The first-order valence-electron chi connectivity index (χ1n) is 4.70. The van der Waals surface area contributed by atoms with Crippen LogP contribution in [-0.2, 0) is 0 Å². The van der Waals surface area contributed by atoms with E-state index in [2.05, 4.69) is 4.74 Å². The maximum Gasteiger partial charge on any atom is 0.425 e. The molecule has 1 rings (SSSR count). The lowest BCUT2D eigenvalue weighted by atomic mass is 10.2. The van der Waals surface area contributed by atoms with Crippen molar-refractivity contribution in [3.8, 4) is 5.75 Å². The number of anilines is 1. The minimum absolute atomic E-state index is 0.127. The van der Waals surface area contributed by atoms with Crippen LogP contribution in [0.1, 0.15) is 0 Å². The van der Waals surface area contributed by atoms with Crippen LogP contribution in [0.3, 0.4) is 0 Å². The second-order valence-corrected chi connectivity index (χ2v) is 3.52. The SMILES string of the molecule is Nc1ccc(OCC(F)(F)[C@@H](F)C(F)(F)F)cc1. The largest absolute Gasteiger partial charge is 0.487 e. The second-order valence-electron chi connectivity index (χ2n) is 3.52. The van der Waals surface area contributed by atoms with Gasteiger partial charge in [-0.3, -0.25) is 0 Å². The minimum atomic E-state index is -5.63. The van der Waals surface area contributed by atoms with Crippen LogP contribution in [0, 0.1) is 0 Å². The second kappa shape index (κ2) is 4.95. The standard InChI is InChI=1S/C10H9F6NO/c11-8(10(14,15)16)9(12,13)5-18-7-3-1-6(17)2-4-7/h1-4,8H,5,17H2/t8-/m1/s1. The van der Waals surface area contributed by atoms with Gasteiger partial charge in [0.05, 0.1) is 0 Å². The first kappa shape index (κ1) is 14.5. The molecule has 0 amide bonds. The molecule has 0 fully saturated rings. The molecule has 0 bridgehead atoms. The molecule has 0 radical (unpaired) electrons. The van der Waals surface area contributed by atoms with Crippen molar-refractivity contribution in [3.63, 3.8) is 0 Å². The Morgan fingerprint density at radius 2 is 1.56 bits per heavy atom. The van der Waals surface area contributed by atoms with Crippen molar-refractivity contribution < 1.29 is 31.1 Å². The zero-order chi connectivity index (χ0) is 14.0. The molecule has 0 saturated carbocycles. The Labute approximate surface area is 98.3 Å². The van der Waals surface area contributed by atoms with Gasteiger partial charge in [0.15, 0.2) is 6.61 Å². The number of nitrogen functional groups attached to an aromatic ring is 1. The van der Waals surface area contributed by atoms with Crippen molar-refractivity contribution >= 4 is 5.69 Å². The molecule has 18 heavy (non-hydrogen) atoms. The molecule has 0 spiro atoms. The number of nitrogens with two attached hydrogens (primary N) is 1. The molecule has 0 saturated heterocycles. The average Bonchev–Trinajstić information content (AvgIpc) is 2.26. The highest BCUT2D eigenvalue weighted by Crippen LogP contribution is 2.35. The Morgan fingerprint density at radius 1 is 1.06 bits per heavy atom. The number of hydrogen-bond donors (Lipinski definition) is 1. The summed E-state index contributed by atoms with van der Waals surface area (Å²) in [5.74, 6) is -4.78. The normalized spacial score (nSPS) is 14.3. The van der Waals surface area contributed by atoms with Crippen molar-refractivity contribution in [1.29, 1.82) is 0 Å². The zero-order valence-electron chi connectivity index (χ0n) is 8.85. The van der Waals surface area contributed by atoms with Gasteiger partial charge in [-0.2, -0.15) is 22.0 Å². The fraction of sp³-hybridized carbons (Fsp3) is 0.400. The van der Waals surface area contributed by atoms with Gasteiger partial charge in [0.25, 0.3) is 6.17 Å². The van der Waals surface area contributed by atoms with E-state index in [9.17, 15) is 26.3 Å². The first-order chi connectivity index (χ1) is 8.13. The summed E-state index contributed by atoms with van der Waals surface area (Å²) in [6.07, 6.45) is -9.90. The maximum absolute atomic E-state index is 12.8. The number of ether oxygens (including phenoxy) is 1. The maximum atomic E-state index is 12.8. The summed E-state index contributed by atoms with van der Waals surface area (Å²) in [6, 6.07) is 4.99. The molecule has 0 unspecified atom stereocenters. The Hall–Kier alpha value is -1.60. The number of alkyl halides is 6. The first-order valence-corrected chi connectivity index (χ1v) is 4.70. The van der Waals surface area contributed by atoms with Crippen LogP contribution in [0.2, 0.25) is 0 Å². The van der Waals surface area contributed by atoms with E-state index in [0.717, 1.165) is 0 Å². The highest BCUT2D eigenvalue weighted by atomic mass is 19.4. The molecule has 2 nitrogen and oxygen atoms in total. The lowest BCUT2D eigenvalue weighted by molar-refractivity contribution is -0.250. The number of hydrogen-bond acceptors (Lipinski definition) is 2. The summed E-state index contributed by atoms with van der Waals surface area (Å²) in [5.41, 5.74) is 5.63. The fourth-order valence-corrected chi connectivity index (χ4v) is 1.06. The monoisotopic (exact) mass is 273 g/mol. The third-order valence-corrected chi connectivity index (χ3v) is 1.97. The third kappa shape index (κ3) is 3.71. The van der Waals surface area contributed by atoms with E-state index in [1.165, 1.54) is 24.3 Å². The molecule has 1 aromatic carbocycles. The molecule has 0 aromatic heterocycles. The molecule has 0 aliphatic heterocycles. The van der Waals surface area contributed by atoms with Gasteiger partial charge in [0, 0.05) is 5.69 Å². The molecule has 102 valence electrons. The molecule has 2 N–H and O–H groups in total. The van der Waals surface area contributed by atoms with Crippen molar-refractivity contribution in [3.05, 3.63) is 24.3 Å². The van der Waals surface area contributed by atoms with E-state index in [-0.39, 0.29) is 5.75 Å². The van der Waals surface area contributed by atoms with Gasteiger partial charge in [-0.1, -0.05) is 0 Å². The van der Waals surface area contributed by atoms with E-state index >= 15 is 0 Å². The Morgan fingerprint density at radius 3 is 2.00 bits per heavy atom. The molecule has 0 aliphatic carbocycles. The number of benzene rings is 1. The van der Waals surface area contributed by atoms with Crippen LogP contribution in [0.25, 0.3) is 0 Å². The highest BCUT2D eigenvalue weighted by Gasteiger charge is 2.57. The van der Waals surface area contributed by atoms with Crippen LogP contribution >= 0.6 is 0 Å². The van der Waals surface area contributed by atoms with Crippen molar-refractivity contribution in [2.75, 3.05) is 12.3 Å². The average molecular weight is 273 g/mol. The fourth-order valence-electron chi connectivity index (χ4n) is 1.06. The molecule has 0 heterocycles. The van der Waals surface area contributed by atoms with Crippen LogP contribution in [-0.4, -0.2) is 24.9 Å². The Kier molecular flexibility index (Phi) is 3.98. The zero-order valence-corrected chi connectivity index (χ0v) is 8.85. The predicted molar refractivity (Wildman–Crippen MR) is 52.2 cm³/mol. The van der Waals surface area contributed by atoms with E-state index < -0.39 is 24.9 Å². The molecule has 1 atom stereocenters. The Balaban J connectivity index is 2.64. The van der Waals surface area contributed by atoms with Crippen LogP contribution < -0.4 is 10.5 Å². The van der Waals surface area contributed by atoms with Gasteiger partial charge in [-0.15, -0.1) is 0 Å². The van der Waals surface area contributed by atoms with Crippen molar-refractivity contribution in [2.45, 2.75) is 18.3 Å². The Bertz CT molecular complexity index is 388. The lowest BCUT2D eigenvalue weighted by Gasteiger charge is -2.22. The minimum Gasteiger partial charge on any atom is -0.487 e. The smallest absolute Gasteiger partial charge is 0.425 e. The van der Waals surface area contributed by atoms with E-state index in [4.69, 9.17) is 5.73 Å². The van der Waals surface area contributed by atoms with Gasteiger partial charge in [0.1, 0.15) is 5.75 Å². The summed E-state index contributed by atoms with van der Waals surface area (Å²) in [5, 5.41) is 0. The summed E-state index contributed by atoms with van der Waals surface area (Å²) in [7, 11) is 0. The van der Waals surface area contributed by atoms with E-state index in [1.807, 2.05) is 0 Å². The summed E-state index contributed by atoms with van der Waals surface area (Å²) >= 11 is 0.